The number of rotatable bonds is 5. The standard InChI is InChI=1S/C15H14F3NO2/c1-20-10-4-3-9(13(7-10)21-2)8-19-12-6-5-11(16)14(17)15(12)18/h3-7,19H,8H2,1-2H3. The lowest BCUT2D eigenvalue weighted by molar-refractivity contribution is 0.391. The van der Waals surface area contributed by atoms with E-state index in [1.165, 1.54) is 14.2 Å². The van der Waals surface area contributed by atoms with Gasteiger partial charge in [0.2, 0.25) is 0 Å². The van der Waals surface area contributed by atoms with Crippen LogP contribution in [-0.2, 0) is 6.54 Å². The van der Waals surface area contributed by atoms with E-state index >= 15 is 0 Å². The van der Waals surface area contributed by atoms with Crippen LogP contribution >= 0.6 is 0 Å². The molecule has 0 spiro atoms. The van der Waals surface area contributed by atoms with Crippen molar-refractivity contribution in [1.29, 1.82) is 0 Å². The number of hydrogen-bond donors (Lipinski definition) is 1. The number of hydrogen-bond acceptors (Lipinski definition) is 3. The fourth-order valence-corrected chi connectivity index (χ4v) is 1.85. The zero-order valence-electron chi connectivity index (χ0n) is 11.5. The second-order valence-electron chi connectivity index (χ2n) is 4.25. The lowest BCUT2D eigenvalue weighted by Crippen LogP contribution is -2.05. The molecule has 0 atom stereocenters. The van der Waals surface area contributed by atoms with E-state index in [2.05, 4.69) is 5.32 Å². The molecule has 0 bridgehead atoms. The number of methoxy groups -OCH3 is 2. The highest BCUT2D eigenvalue weighted by molar-refractivity contribution is 5.48. The van der Waals surface area contributed by atoms with Gasteiger partial charge >= 0.3 is 0 Å². The van der Waals surface area contributed by atoms with Crippen molar-refractivity contribution in [2.75, 3.05) is 19.5 Å². The monoisotopic (exact) mass is 297 g/mol. The summed E-state index contributed by atoms with van der Waals surface area (Å²) in [6.45, 7) is 0.190. The van der Waals surface area contributed by atoms with E-state index in [0.29, 0.717) is 11.5 Å². The topological polar surface area (TPSA) is 30.5 Å². The van der Waals surface area contributed by atoms with Crippen molar-refractivity contribution < 1.29 is 22.6 Å². The molecule has 0 aromatic heterocycles. The minimum atomic E-state index is -1.50. The average molecular weight is 297 g/mol. The van der Waals surface area contributed by atoms with Crippen molar-refractivity contribution in [2.45, 2.75) is 6.54 Å². The quantitative estimate of drug-likeness (QED) is 0.853. The summed E-state index contributed by atoms with van der Waals surface area (Å²) < 4.78 is 49.8. The predicted molar refractivity (Wildman–Crippen MR) is 73.2 cm³/mol. The van der Waals surface area contributed by atoms with Gasteiger partial charge < -0.3 is 14.8 Å². The van der Waals surface area contributed by atoms with E-state index in [-0.39, 0.29) is 12.2 Å². The molecule has 3 nitrogen and oxygen atoms in total. The Morgan fingerprint density at radius 2 is 1.71 bits per heavy atom. The minimum absolute atomic E-state index is 0.119. The van der Waals surface area contributed by atoms with Gasteiger partial charge in [0, 0.05) is 18.2 Å². The second kappa shape index (κ2) is 6.39. The Balaban J connectivity index is 2.18. The first-order chi connectivity index (χ1) is 10.1. The third-order valence-corrected chi connectivity index (χ3v) is 3.00. The first kappa shape index (κ1) is 15.0. The lowest BCUT2D eigenvalue weighted by Gasteiger charge is -2.12. The van der Waals surface area contributed by atoms with Gasteiger partial charge in [-0.3, -0.25) is 0 Å². The predicted octanol–water partition coefficient (Wildman–Crippen LogP) is 3.73. The smallest absolute Gasteiger partial charge is 0.196 e. The number of halogens is 3. The maximum Gasteiger partial charge on any atom is 0.196 e. The van der Waals surface area contributed by atoms with Crippen LogP contribution in [0.2, 0.25) is 0 Å². The Kier molecular flexibility index (Phi) is 4.57. The van der Waals surface area contributed by atoms with Crippen molar-refractivity contribution >= 4 is 5.69 Å². The van der Waals surface area contributed by atoms with Crippen molar-refractivity contribution in [1.82, 2.24) is 0 Å². The summed E-state index contributed by atoms with van der Waals surface area (Å²) >= 11 is 0. The van der Waals surface area contributed by atoms with Crippen molar-refractivity contribution in [3.05, 3.63) is 53.3 Å². The van der Waals surface area contributed by atoms with Gasteiger partial charge in [-0.05, 0) is 24.3 Å². The maximum absolute atomic E-state index is 13.5. The normalized spacial score (nSPS) is 10.3. The summed E-state index contributed by atoms with van der Waals surface area (Å²) in [5, 5.41) is 2.71. The highest BCUT2D eigenvalue weighted by atomic mass is 19.2. The fraction of sp³-hybridized carbons (Fsp3) is 0.200. The molecule has 0 fully saturated rings. The SMILES string of the molecule is COc1ccc(CNc2ccc(F)c(F)c2F)c(OC)c1. The van der Waals surface area contributed by atoms with Crippen LogP contribution in [0.15, 0.2) is 30.3 Å². The molecule has 0 heterocycles. The van der Waals surface area contributed by atoms with Gasteiger partial charge in [0.15, 0.2) is 17.5 Å². The molecular weight excluding hydrogens is 283 g/mol. The lowest BCUT2D eigenvalue weighted by atomic mass is 10.2. The third kappa shape index (κ3) is 3.21. The van der Waals surface area contributed by atoms with E-state index in [1.54, 1.807) is 18.2 Å². The van der Waals surface area contributed by atoms with Crippen LogP contribution in [0, 0.1) is 17.5 Å². The third-order valence-electron chi connectivity index (χ3n) is 3.00. The van der Waals surface area contributed by atoms with Crippen LogP contribution < -0.4 is 14.8 Å². The van der Waals surface area contributed by atoms with E-state index < -0.39 is 17.5 Å². The van der Waals surface area contributed by atoms with Crippen molar-refractivity contribution in [3.8, 4) is 11.5 Å². The van der Waals surface area contributed by atoms with Gasteiger partial charge in [-0.2, -0.15) is 0 Å². The molecule has 2 aromatic carbocycles. The molecule has 2 rings (SSSR count). The molecule has 0 saturated carbocycles. The van der Waals surface area contributed by atoms with Crippen LogP contribution in [0.1, 0.15) is 5.56 Å². The van der Waals surface area contributed by atoms with Gasteiger partial charge in [-0.1, -0.05) is 0 Å². The van der Waals surface area contributed by atoms with E-state index in [0.717, 1.165) is 17.7 Å². The Hall–Kier alpha value is -2.37. The molecule has 112 valence electrons. The molecule has 0 saturated heterocycles. The zero-order chi connectivity index (χ0) is 15.4. The van der Waals surface area contributed by atoms with Gasteiger partial charge in [0.05, 0.1) is 19.9 Å². The largest absolute Gasteiger partial charge is 0.497 e. The molecule has 0 unspecified atom stereocenters. The average Bonchev–Trinajstić information content (AvgIpc) is 2.52. The molecule has 0 amide bonds. The number of benzene rings is 2. The molecule has 0 aliphatic carbocycles. The van der Waals surface area contributed by atoms with Crippen LogP contribution in [0.3, 0.4) is 0 Å². The molecule has 2 aromatic rings. The van der Waals surface area contributed by atoms with Gasteiger partial charge in [0.1, 0.15) is 11.5 Å². The van der Waals surface area contributed by atoms with E-state index in [1.807, 2.05) is 0 Å². The summed E-state index contributed by atoms with van der Waals surface area (Å²) in [5.74, 6) is -2.80. The van der Waals surface area contributed by atoms with Gasteiger partial charge in [0.25, 0.3) is 0 Å². The molecule has 0 radical (unpaired) electrons. The molecule has 0 aliphatic heterocycles. The van der Waals surface area contributed by atoms with Gasteiger partial charge in [-0.25, -0.2) is 13.2 Å². The Morgan fingerprint density at radius 1 is 0.952 bits per heavy atom. The zero-order valence-corrected chi connectivity index (χ0v) is 11.5. The molecule has 0 aliphatic rings. The summed E-state index contributed by atoms with van der Waals surface area (Å²) in [7, 11) is 3.03. The molecule has 21 heavy (non-hydrogen) atoms. The summed E-state index contributed by atoms with van der Waals surface area (Å²) in [6, 6.07) is 7.15. The van der Waals surface area contributed by atoms with Gasteiger partial charge in [-0.15, -0.1) is 0 Å². The van der Waals surface area contributed by atoms with E-state index in [9.17, 15) is 13.2 Å². The maximum atomic E-state index is 13.5. The van der Waals surface area contributed by atoms with Crippen LogP contribution in [0.25, 0.3) is 0 Å². The number of anilines is 1. The minimum Gasteiger partial charge on any atom is -0.497 e. The summed E-state index contributed by atoms with van der Waals surface area (Å²) in [5.41, 5.74) is 0.606. The van der Waals surface area contributed by atoms with Crippen molar-refractivity contribution in [2.24, 2.45) is 0 Å². The molecule has 1 N–H and O–H groups in total. The van der Waals surface area contributed by atoms with Crippen LogP contribution in [0.4, 0.5) is 18.9 Å². The summed E-state index contributed by atoms with van der Waals surface area (Å²) in [4.78, 5) is 0. The highest BCUT2D eigenvalue weighted by Crippen LogP contribution is 2.26. The Labute approximate surface area is 120 Å². The number of ether oxygens (including phenoxy) is 2. The number of nitrogens with one attached hydrogen (secondary N) is 1. The fourth-order valence-electron chi connectivity index (χ4n) is 1.85. The first-order valence-corrected chi connectivity index (χ1v) is 6.15. The second-order valence-corrected chi connectivity index (χ2v) is 4.25. The summed E-state index contributed by atoms with van der Waals surface area (Å²) in [6.07, 6.45) is 0. The van der Waals surface area contributed by atoms with Crippen LogP contribution in [0.5, 0.6) is 11.5 Å². The van der Waals surface area contributed by atoms with Crippen LogP contribution in [-0.4, -0.2) is 14.2 Å². The van der Waals surface area contributed by atoms with E-state index in [4.69, 9.17) is 9.47 Å². The molecular formula is C15H14F3NO2. The highest BCUT2D eigenvalue weighted by Gasteiger charge is 2.13. The Bertz CT molecular complexity index is 647. The molecule has 6 heteroatoms. The Morgan fingerprint density at radius 3 is 2.38 bits per heavy atom. The van der Waals surface area contributed by atoms with Crippen molar-refractivity contribution in [3.63, 3.8) is 0 Å². The first-order valence-electron chi connectivity index (χ1n) is 6.15.